The van der Waals surface area contributed by atoms with E-state index in [1.807, 2.05) is 45.0 Å². The Morgan fingerprint density at radius 1 is 1.28 bits per heavy atom. The second-order valence-electron chi connectivity index (χ2n) is 4.49. The summed E-state index contributed by atoms with van der Waals surface area (Å²) in [5.74, 6) is 0.0399. The van der Waals surface area contributed by atoms with Crippen molar-refractivity contribution in [3.8, 4) is 0 Å². The average molecular weight is 269 g/mol. The SMILES string of the molecule is CCNCC(C)C(=O)N[C@@H](C)c1ccc(Cl)cc1. The van der Waals surface area contributed by atoms with E-state index in [-0.39, 0.29) is 17.9 Å². The maximum Gasteiger partial charge on any atom is 0.224 e. The number of carbonyl (C=O) groups excluding carboxylic acids is 1. The lowest BCUT2D eigenvalue weighted by Crippen LogP contribution is -2.36. The number of nitrogens with one attached hydrogen (secondary N) is 2. The van der Waals surface area contributed by atoms with Crippen LogP contribution in [0.15, 0.2) is 24.3 Å². The summed E-state index contributed by atoms with van der Waals surface area (Å²) in [6, 6.07) is 7.53. The molecule has 1 aromatic carbocycles. The van der Waals surface area contributed by atoms with Crippen LogP contribution in [0.1, 0.15) is 32.4 Å². The molecule has 0 aromatic heterocycles. The highest BCUT2D eigenvalue weighted by Gasteiger charge is 2.15. The van der Waals surface area contributed by atoms with Gasteiger partial charge in [-0.25, -0.2) is 0 Å². The number of hydrogen-bond acceptors (Lipinski definition) is 2. The molecular weight excluding hydrogens is 248 g/mol. The van der Waals surface area contributed by atoms with Crippen molar-refractivity contribution < 1.29 is 4.79 Å². The number of rotatable bonds is 6. The fourth-order valence-corrected chi connectivity index (χ4v) is 1.77. The van der Waals surface area contributed by atoms with Gasteiger partial charge in [0.1, 0.15) is 0 Å². The molecular formula is C14H21ClN2O. The Bertz CT molecular complexity index is 378. The molecule has 0 saturated carbocycles. The minimum atomic E-state index is -0.0281. The van der Waals surface area contributed by atoms with Gasteiger partial charge in [-0.2, -0.15) is 0 Å². The molecule has 1 amide bonds. The molecule has 18 heavy (non-hydrogen) atoms. The Morgan fingerprint density at radius 2 is 1.89 bits per heavy atom. The highest BCUT2D eigenvalue weighted by molar-refractivity contribution is 6.30. The van der Waals surface area contributed by atoms with Crippen molar-refractivity contribution in [1.29, 1.82) is 0 Å². The van der Waals surface area contributed by atoms with Crippen molar-refractivity contribution >= 4 is 17.5 Å². The van der Waals surface area contributed by atoms with Gasteiger partial charge in [0.2, 0.25) is 5.91 Å². The lowest BCUT2D eigenvalue weighted by atomic mass is 10.1. The highest BCUT2D eigenvalue weighted by atomic mass is 35.5. The van der Waals surface area contributed by atoms with Gasteiger partial charge >= 0.3 is 0 Å². The first-order valence-corrected chi connectivity index (χ1v) is 6.69. The fraction of sp³-hybridized carbons (Fsp3) is 0.500. The Hall–Kier alpha value is -1.06. The summed E-state index contributed by atoms with van der Waals surface area (Å²) < 4.78 is 0. The first-order valence-electron chi connectivity index (χ1n) is 6.31. The summed E-state index contributed by atoms with van der Waals surface area (Å²) in [6.07, 6.45) is 0. The summed E-state index contributed by atoms with van der Waals surface area (Å²) in [7, 11) is 0. The number of benzene rings is 1. The molecule has 0 saturated heterocycles. The standard InChI is InChI=1S/C14H21ClN2O/c1-4-16-9-10(2)14(18)17-11(3)12-5-7-13(15)8-6-12/h5-8,10-11,16H,4,9H2,1-3H3,(H,17,18)/t10?,11-/m0/s1. The molecule has 1 unspecified atom stereocenters. The third-order valence-electron chi connectivity index (χ3n) is 2.88. The second kappa shape index (κ2) is 7.39. The highest BCUT2D eigenvalue weighted by Crippen LogP contribution is 2.16. The van der Waals surface area contributed by atoms with Crippen molar-refractivity contribution in [2.75, 3.05) is 13.1 Å². The van der Waals surface area contributed by atoms with Gasteiger partial charge in [0.15, 0.2) is 0 Å². The molecule has 0 aliphatic rings. The van der Waals surface area contributed by atoms with Crippen molar-refractivity contribution in [2.24, 2.45) is 5.92 Å². The van der Waals surface area contributed by atoms with Crippen molar-refractivity contribution in [1.82, 2.24) is 10.6 Å². The summed E-state index contributed by atoms with van der Waals surface area (Å²) in [5.41, 5.74) is 1.06. The van der Waals surface area contributed by atoms with E-state index in [1.54, 1.807) is 0 Å². The largest absolute Gasteiger partial charge is 0.349 e. The Kier molecular flexibility index (Phi) is 6.16. The van der Waals surface area contributed by atoms with Crippen molar-refractivity contribution in [2.45, 2.75) is 26.8 Å². The molecule has 0 heterocycles. The van der Waals surface area contributed by atoms with Gasteiger partial charge in [-0.15, -0.1) is 0 Å². The summed E-state index contributed by atoms with van der Waals surface area (Å²) in [5, 5.41) is 6.88. The van der Waals surface area contributed by atoms with Crippen LogP contribution in [0.5, 0.6) is 0 Å². The molecule has 0 fully saturated rings. The van der Waals surface area contributed by atoms with Gasteiger partial charge in [0, 0.05) is 17.5 Å². The number of halogens is 1. The minimum absolute atomic E-state index is 0.00107. The zero-order chi connectivity index (χ0) is 13.5. The molecule has 0 aliphatic carbocycles. The number of carbonyl (C=O) groups is 1. The molecule has 1 aromatic rings. The minimum Gasteiger partial charge on any atom is -0.349 e. The Labute approximate surface area is 114 Å². The molecule has 0 spiro atoms. The van der Waals surface area contributed by atoms with E-state index in [9.17, 15) is 4.79 Å². The predicted octanol–water partition coefficient (Wildman–Crippen LogP) is 2.76. The first kappa shape index (κ1) is 15.0. The van der Waals surface area contributed by atoms with Crippen LogP contribution in [0.3, 0.4) is 0 Å². The van der Waals surface area contributed by atoms with Crippen LogP contribution in [-0.4, -0.2) is 19.0 Å². The molecule has 0 bridgehead atoms. The summed E-state index contributed by atoms with van der Waals surface area (Å²) in [4.78, 5) is 11.9. The van der Waals surface area contributed by atoms with E-state index >= 15 is 0 Å². The van der Waals surface area contributed by atoms with E-state index in [0.29, 0.717) is 11.6 Å². The molecule has 1 rings (SSSR count). The maximum atomic E-state index is 11.9. The zero-order valence-electron chi connectivity index (χ0n) is 11.2. The monoisotopic (exact) mass is 268 g/mol. The molecule has 100 valence electrons. The van der Waals surface area contributed by atoms with Crippen LogP contribution >= 0.6 is 11.6 Å². The average Bonchev–Trinajstić information content (AvgIpc) is 2.36. The summed E-state index contributed by atoms with van der Waals surface area (Å²) in [6.45, 7) is 7.51. The number of hydrogen-bond donors (Lipinski definition) is 2. The van der Waals surface area contributed by atoms with Crippen molar-refractivity contribution in [3.05, 3.63) is 34.9 Å². The predicted molar refractivity (Wildman–Crippen MR) is 75.7 cm³/mol. The van der Waals surface area contributed by atoms with E-state index in [1.165, 1.54) is 0 Å². The topological polar surface area (TPSA) is 41.1 Å². The van der Waals surface area contributed by atoms with E-state index in [4.69, 9.17) is 11.6 Å². The van der Waals surface area contributed by atoms with Crippen LogP contribution in [0.2, 0.25) is 5.02 Å². The fourth-order valence-electron chi connectivity index (χ4n) is 1.64. The first-order chi connectivity index (χ1) is 8.54. The summed E-state index contributed by atoms with van der Waals surface area (Å²) >= 11 is 5.83. The molecule has 3 nitrogen and oxygen atoms in total. The van der Waals surface area contributed by atoms with Crippen LogP contribution in [-0.2, 0) is 4.79 Å². The lowest BCUT2D eigenvalue weighted by Gasteiger charge is -2.18. The molecule has 2 N–H and O–H groups in total. The quantitative estimate of drug-likeness (QED) is 0.833. The van der Waals surface area contributed by atoms with E-state index in [2.05, 4.69) is 10.6 Å². The third kappa shape index (κ3) is 4.67. The Balaban J connectivity index is 2.51. The van der Waals surface area contributed by atoms with Gasteiger partial charge in [0.05, 0.1) is 6.04 Å². The van der Waals surface area contributed by atoms with Crippen LogP contribution in [0, 0.1) is 5.92 Å². The third-order valence-corrected chi connectivity index (χ3v) is 3.13. The van der Waals surface area contributed by atoms with Gasteiger partial charge in [-0.3, -0.25) is 4.79 Å². The zero-order valence-corrected chi connectivity index (χ0v) is 11.9. The van der Waals surface area contributed by atoms with Crippen LogP contribution in [0.4, 0.5) is 0 Å². The van der Waals surface area contributed by atoms with E-state index in [0.717, 1.165) is 12.1 Å². The smallest absolute Gasteiger partial charge is 0.224 e. The lowest BCUT2D eigenvalue weighted by molar-refractivity contribution is -0.125. The van der Waals surface area contributed by atoms with Crippen molar-refractivity contribution in [3.63, 3.8) is 0 Å². The van der Waals surface area contributed by atoms with Crippen LogP contribution in [0.25, 0.3) is 0 Å². The van der Waals surface area contributed by atoms with Gasteiger partial charge in [-0.05, 0) is 31.2 Å². The number of amides is 1. The normalized spacial score (nSPS) is 14.0. The van der Waals surface area contributed by atoms with Crippen LogP contribution < -0.4 is 10.6 Å². The molecule has 2 atom stereocenters. The maximum absolute atomic E-state index is 11.9. The molecule has 4 heteroatoms. The second-order valence-corrected chi connectivity index (χ2v) is 4.93. The van der Waals surface area contributed by atoms with E-state index < -0.39 is 0 Å². The van der Waals surface area contributed by atoms with Gasteiger partial charge in [0.25, 0.3) is 0 Å². The van der Waals surface area contributed by atoms with Gasteiger partial charge < -0.3 is 10.6 Å². The van der Waals surface area contributed by atoms with Gasteiger partial charge in [-0.1, -0.05) is 37.6 Å². The molecule has 0 radical (unpaired) electrons. The Morgan fingerprint density at radius 3 is 2.44 bits per heavy atom. The molecule has 0 aliphatic heterocycles.